The number of halogens is 1. The average molecular weight is 396 g/mol. The van der Waals surface area contributed by atoms with E-state index in [1.165, 1.54) is 23.3 Å². The van der Waals surface area contributed by atoms with Crippen LogP contribution in [0.4, 0.5) is 0 Å². The summed E-state index contributed by atoms with van der Waals surface area (Å²) in [7, 11) is 1.53. The van der Waals surface area contributed by atoms with Crippen molar-refractivity contribution in [2.75, 3.05) is 7.11 Å². The van der Waals surface area contributed by atoms with Crippen molar-refractivity contribution in [1.29, 1.82) is 0 Å². The van der Waals surface area contributed by atoms with E-state index in [1.54, 1.807) is 11.4 Å². The van der Waals surface area contributed by atoms with Crippen LogP contribution in [0.25, 0.3) is 0 Å². The van der Waals surface area contributed by atoms with Gasteiger partial charge in [0.25, 0.3) is 5.91 Å². The van der Waals surface area contributed by atoms with E-state index in [4.69, 9.17) is 4.74 Å². The van der Waals surface area contributed by atoms with Crippen molar-refractivity contribution in [3.05, 3.63) is 50.1 Å². The highest BCUT2D eigenvalue weighted by atomic mass is 79.9. The molecule has 0 saturated carbocycles. The largest absolute Gasteiger partial charge is 0.496 e. The molecular weight excluding hydrogens is 382 g/mol. The van der Waals surface area contributed by atoms with Crippen LogP contribution >= 0.6 is 27.3 Å². The molecule has 1 aromatic carbocycles. The topological polar surface area (TPSA) is 66.8 Å². The summed E-state index contributed by atoms with van der Waals surface area (Å²) in [4.78, 5) is 26.3. The van der Waals surface area contributed by atoms with E-state index < -0.39 is 12.0 Å². The molecule has 1 aromatic heterocycles. The number of rotatable bonds is 3. The Morgan fingerprint density at radius 2 is 2.22 bits per heavy atom. The Morgan fingerprint density at radius 1 is 1.43 bits per heavy atom. The number of carboxylic acids is 1. The number of carbonyl (C=O) groups excluding carboxylic acids is 1. The van der Waals surface area contributed by atoms with Gasteiger partial charge < -0.3 is 14.7 Å². The van der Waals surface area contributed by atoms with E-state index in [0.29, 0.717) is 17.0 Å². The number of amides is 1. The molecule has 2 heterocycles. The third-order valence-corrected chi connectivity index (χ3v) is 5.54. The number of hydrogen-bond donors (Lipinski definition) is 1. The van der Waals surface area contributed by atoms with Crippen molar-refractivity contribution in [3.8, 4) is 5.75 Å². The predicted molar refractivity (Wildman–Crippen MR) is 90.0 cm³/mol. The van der Waals surface area contributed by atoms with Crippen LogP contribution < -0.4 is 4.74 Å². The van der Waals surface area contributed by atoms with Gasteiger partial charge in [0.15, 0.2) is 0 Å². The van der Waals surface area contributed by atoms with Gasteiger partial charge in [0.1, 0.15) is 11.8 Å². The minimum absolute atomic E-state index is 0.281. The highest BCUT2D eigenvalue weighted by Gasteiger charge is 2.36. The van der Waals surface area contributed by atoms with Gasteiger partial charge in [0, 0.05) is 28.9 Å². The maximum atomic E-state index is 12.7. The first-order chi connectivity index (χ1) is 11.0. The number of aliphatic carboxylic acids is 1. The van der Waals surface area contributed by atoms with E-state index in [9.17, 15) is 14.7 Å². The van der Waals surface area contributed by atoms with Crippen LogP contribution in [0.2, 0.25) is 0 Å². The Morgan fingerprint density at radius 3 is 2.87 bits per heavy atom. The molecule has 0 radical (unpaired) electrons. The molecule has 0 aliphatic carbocycles. The van der Waals surface area contributed by atoms with Crippen LogP contribution in [0.15, 0.2) is 34.1 Å². The first-order valence-corrected chi connectivity index (χ1v) is 8.61. The number of ether oxygens (including phenoxy) is 1. The smallest absolute Gasteiger partial charge is 0.326 e. The van der Waals surface area contributed by atoms with Gasteiger partial charge in [-0.25, -0.2) is 4.79 Å². The highest BCUT2D eigenvalue weighted by Crippen LogP contribution is 2.32. The van der Waals surface area contributed by atoms with E-state index >= 15 is 0 Å². The first-order valence-electron chi connectivity index (χ1n) is 6.94. The molecular formula is C16H14BrNO4S. The summed E-state index contributed by atoms with van der Waals surface area (Å²) in [5.41, 5.74) is 1.92. The second-order valence-electron chi connectivity index (χ2n) is 5.22. The Labute approximate surface area is 145 Å². The monoisotopic (exact) mass is 395 g/mol. The van der Waals surface area contributed by atoms with Crippen LogP contribution in [-0.4, -0.2) is 35.0 Å². The second-order valence-corrected chi connectivity index (χ2v) is 6.99. The van der Waals surface area contributed by atoms with Crippen LogP contribution in [0.5, 0.6) is 5.75 Å². The number of thiophene rings is 1. The van der Waals surface area contributed by atoms with Crippen LogP contribution in [0, 0.1) is 0 Å². The Hall–Kier alpha value is -1.86. The second kappa shape index (κ2) is 6.33. The fraction of sp³-hybridized carbons (Fsp3) is 0.250. The van der Waals surface area contributed by atoms with E-state index in [1.807, 2.05) is 18.2 Å². The van der Waals surface area contributed by atoms with Crippen LogP contribution in [0.1, 0.15) is 20.8 Å². The Kier molecular flexibility index (Phi) is 4.41. The van der Waals surface area contributed by atoms with Gasteiger partial charge in [0.05, 0.1) is 12.0 Å². The molecule has 1 unspecified atom stereocenters. The zero-order valence-corrected chi connectivity index (χ0v) is 14.7. The minimum Gasteiger partial charge on any atom is -0.496 e. The molecule has 1 aliphatic heterocycles. The lowest BCUT2D eigenvalue weighted by atomic mass is 9.94. The van der Waals surface area contributed by atoms with Gasteiger partial charge in [-0.1, -0.05) is 28.1 Å². The Balaban J connectivity index is 1.96. The summed E-state index contributed by atoms with van der Waals surface area (Å²) in [5, 5.41) is 11.3. The third kappa shape index (κ3) is 2.98. The van der Waals surface area contributed by atoms with Crippen LogP contribution in [0.3, 0.4) is 0 Å². The molecule has 120 valence electrons. The first kappa shape index (κ1) is 16.0. The van der Waals surface area contributed by atoms with Gasteiger partial charge in [-0.2, -0.15) is 0 Å². The number of methoxy groups -OCH3 is 1. The van der Waals surface area contributed by atoms with Gasteiger partial charge >= 0.3 is 5.97 Å². The third-order valence-electron chi connectivity index (χ3n) is 3.90. The van der Waals surface area contributed by atoms with E-state index in [-0.39, 0.29) is 12.5 Å². The van der Waals surface area contributed by atoms with Crippen molar-refractivity contribution < 1.29 is 19.4 Å². The normalized spacial score (nSPS) is 16.8. The molecule has 2 aromatic rings. The number of carboxylic acid groups (broad SMARTS) is 1. The summed E-state index contributed by atoms with van der Waals surface area (Å²) in [6.07, 6.45) is 0.292. The van der Waals surface area contributed by atoms with E-state index in [0.717, 1.165) is 15.6 Å². The number of benzene rings is 1. The van der Waals surface area contributed by atoms with Gasteiger partial charge in [-0.3, -0.25) is 4.79 Å². The molecule has 1 aliphatic rings. The molecule has 0 fully saturated rings. The molecule has 0 saturated heterocycles. The lowest BCUT2D eigenvalue weighted by Crippen LogP contribution is -2.48. The van der Waals surface area contributed by atoms with Crippen molar-refractivity contribution in [3.63, 3.8) is 0 Å². The van der Waals surface area contributed by atoms with Crippen molar-refractivity contribution in [1.82, 2.24) is 4.90 Å². The molecule has 5 nitrogen and oxygen atoms in total. The van der Waals surface area contributed by atoms with Crippen molar-refractivity contribution in [2.45, 2.75) is 19.0 Å². The quantitative estimate of drug-likeness (QED) is 0.866. The molecule has 0 spiro atoms. The Bertz CT molecular complexity index is 773. The van der Waals surface area contributed by atoms with Crippen LogP contribution in [-0.2, 0) is 17.8 Å². The number of hydrogen-bond acceptors (Lipinski definition) is 4. The molecule has 3 rings (SSSR count). The lowest BCUT2D eigenvalue weighted by molar-refractivity contribution is -0.142. The summed E-state index contributed by atoms with van der Waals surface area (Å²) < 4.78 is 5.98. The number of fused-ring (bicyclic) bond motifs is 1. The molecule has 1 atom stereocenters. The molecule has 1 amide bonds. The highest BCUT2D eigenvalue weighted by molar-refractivity contribution is 9.10. The van der Waals surface area contributed by atoms with E-state index in [2.05, 4.69) is 15.9 Å². The summed E-state index contributed by atoms with van der Waals surface area (Å²) in [6, 6.07) is 6.47. The SMILES string of the molecule is COc1csc(C(=O)N2Cc3cccc(Br)c3CC2C(=O)O)c1. The maximum absolute atomic E-state index is 12.7. The zero-order chi connectivity index (χ0) is 16.6. The van der Waals surface area contributed by atoms with Crippen molar-refractivity contribution >= 4 is 39.1 Å². The lowest BCUT2D eigenvalue weighted by Gasteiger charge is -2.34. The fourth-order valence-electron chi connectivity index (χ4n) is 2.69. The minimum atomic E-state index is -0.997. The maximum Gasteiger partial charge on any atom is 0.326 e. The van der Waals surface area contributed by atoms with Gasteiger partial charge in [0.2, 0.25) is 0 Å². The number of nitrogens with zero attached hydrogens (tertiary/aromatic N) is 1. The predicted octanol–water partition coefficient (Wildman–Crippen LogP) is 3.17. The molecule has 1 N–H and O–H groups in total. The average Bonchev–Trinajstić information content (AvgIpc) is 3.02. The molecule has 23 heavy (non-hydrogen) atoms. The van der Waals surface area contributed by atoms with Crippen molar-refractivity contribution in [2.24, 2.45) is 0 Å². The molecule has 7 heteroatoms. The fourth-order valence-corrected chi connectivity index (χ4v) is 4.07. The molecule has 0 bridgehead atoms. The van der Waals surface area contributed by atoms with Gasteiger partial charge in [-0.15, -0.1) is 11.3 Å². The summed E-state index contributed by atoms with van der Waals surface area (Å²) in [6.45, 7) is 0.283. The van der Waals surface area contributed by atoms with Gasteiger partial charge in [-0.05, 0) is 17.2 Å². The summed E-state index contributed by atoms with van der Waals surface area (Å²) >= 11 is 4.72. The number of carbonyl (C=O) groups is 2. The standard InChI is InChI=1S/C16H14BrNO4S/c1-22-10-5-14(23-8-10)15(19)18-7-9-3-2-4-12(17)11(9)6-13(18)16(20)21/h2-5,8,13H,6-7H2,1H3,(H,20,21). The zero-order valence-electron chi connectivity index (χ0n) is 12.3. The summed E-state index contributed by atoms with van der Waals surface area (Å²) in [5.74, 6) is -0.676.